The third-order valence-electron chi connectivity index (χ3n) is 8.67. The maximum atomic E-state index is 4.34. The number of hydrogen-bond donors (Lipinski definition) is 0. The van der Waals surface area contributed by atoms with Crippen molar-refractivity contribution in [3.8, 4) is 11.1 Å². The number of anilines is 2. The van der Waals surface area contributed by atoms with Gasteiger partial charge in [-0.25, -0.2) is 0 Å². The molecule has 1 atom stereocenters. The molecule has 0 radical (unpaired) electrons. The van der Waals surface area contributed by atoms with Crippen LogP contribution in [0.25, 0.3) is 34.1 Å². The van der Waals surface area contributed by atoms with Crippen molar-refractivity contribution in [1.82, 2.24) is 0 Å². The zero-order valence-electron chi connectivity index (χ0n) is 24.4. The summed E-state index contributed by atoms with van der Waals surface area (Å²) in [5.74, 6) is 0. The molecule has 0 aromatic heterocycles. The number of rotatable bonds is 8. The molecule has 1 aliphatic carbocycles. The van der Waals surface area contributed by atoms with Crippen LogP contribution >= 0.6 is 0 Å². The predicted molar refractivity (Wildman–Crippen MR) is 183 cm³/mol. The molecule has 5 aromatic carbocycles. The van der Waals surface area contributed by atoms with Crippen molar-refractivity contribution >= 4 is 34.3 Å². The molecule has 0 saturated heterocycles. The molecule has 6 rings (SSSR count). The summed E-state index contributed by atoms with van der Waals surface area (Å²) in [7, 11) is 0. The molecule has 0 spiro atoms. The van der Waals surface area contributed by atoms with Crippen molar-refractivity contribution in [2.24, 2.45) is 0 Å². The van der Waals surface area contributed by atoms with Crippen molar-refractivity contribution in [3.05, 3.63) is 181 Å². The Morgan fingerprint density at radius 2 is 1.43 bits per heavy atom. The fraction of sp³-hybridized carbons (Fsp3) is 0.0732. The van der Waals surface area contributed by atoms with Gasteiger partial charge in [-0.3, -0.25) is 0 Å². The average molecular weight is 542 g/mol. The van der Waals surface area contributed by atoms with Crippen LogP contribution in [0.5, 0.6) is 0 Å². The van der Waals surface area contributed by atoms with Gasteiger partial charge in [0, 0.05) is 22.1 Å². The van der Waals surface area contributed by atoms with Crippen molar-refractivity contribution < 1.29 is 0 Å². The summed E-state index contributed by atoms with van der Waals surface area (Å²) in [6.45, 7) is 21.4. The van der Waals surface area contributed by atoms with Gasteiger partial charge in [-0.2, -0.15) is 0 Å². The minimum absolute atomic E-state index is 0.370. The summed E-state index contributed by atoms with van der Waals surface area (Å²) in [6, 6.07) is 34.9. The molecular weight excluding hydrogens is 506 g/mol. The zero-order valence-corrected chi connectivity index (χ0v) is 24.4. The second kappa shape index (κ2) is 10.7. The number of aryl methyl sites for hydroxylation is 1. The Labute approximate surface area is 249 Å². The Kier molecular flexibility index (Phi) is 6.88. The lowest BCUT2D eigenvalue weighted by Gasteiger charge is -2.33. The largest absolute Gasteiger partial charge is 0.309 e. The second-order valence-electron chi connectivity index (χ2n) is 11.0. The van der Waals surface area contributed by atoms with E-state index in [0.717, 1.165) is 33.6 Å². The Hall–Kier alpha value is -5.14. The first kappa shape index (κ1) is 27.1. The summed E-state index contributed by atoms with van der Waals surface area (Å²) in [5.41, 5.74) is 12.3. The van der Waals surface area contributed by atoms with Crippen LogP contribution in [0.1, 0.15) is 40.3 Å². The first-order valence-corrected chi connectivity index (χ1v) is 14.3. The molecule has 0 heterocycles. The smallest absolute Gasteiger partial charge is 0.0543 e. The van der Waals surface area contributed by atoms with Crippen molar-refractivity contribution in [2.75, 3.05) is 4.90 Å². The molecule has 1 nitrogen and oxygen atoms in total. The van der Waals surface area contributed by atoms with E-state index < -0.39 is 0 Å². The SMILES string of the molecule is C=C/C=C(\C=C)N(c1cc2c(c(C=C)c1C=C)-c1ccc(C)cc1C2(C)c1ccccc1)c1cccc2ccccc12. The Bertz CT molecular complexity index is 1920. The van der Waals surface area contributed by atoms with E-state index in [1.807, 2.05) is 30.4 Å². The van der Waals surface area contributed by atoms with Gasteiger partial charge in [0.15, 0.2) is 0 Å². The van der Waals surface area contributed by atoms with E-state index in [9.17, 15) is 0 Å². The molecule has 0 amide bonds. The van der Waals surface area contributed by atoms with E-state index >= 15 is 0 Å². The Morgan fingerprint density at radius 1 is 0.714 bits per heavy atom. The molecule has 0 saturated carbocycles. The van der Waals surface area contributed by atoms with Crippen molar-refractivity contribution in [1.29, 1.82) is 0 Å². The van der Waals surface area contributed by atoms with Gasteiger partial charge in [0.2, 0.25) is 0 Å². The highest BCUT2D eigenvalue weighted by molar-refractivity contribution is 6.01. The number of nitrogens with zero attached hydrogens (tertiary/aromatic N) is 1. The van der Waals surface area contributed by atoms with E-state index in [0.29, 0.717) is 0 Å². The fourth-order valence-corrected chi connectivity index (χ4v) is 6.68. The minimum Gasteiger partial charge on any atom is -0.309 e. The van der Waals surface area contributed by atoms with Crippen LogP contribution in [0.3, 0.4) is 0 Å². The van der Waals surface area contributed by atoms with Crippen LogP contribution in [-0.2, 0) is 5.41 Å². The molecule has 0 N–H and O–H groups in total. The second-order valence-corrected chi connectivity index (χ2v) is 11.0. The standard InChI is InChI=1S/C41H35N/c1-7-17-31(8-2)42(38-23-16-19-29-18-14-15-22-34(29)38)39-27-37-40(33(10-4)32(39)9-3)35-25-24-28(5)26-36(35)41(37,6)30-20-12-11-13-21-30/h7-27H,1-4H2,5-6H3/b31-17+. The van der Waals surface area contributed by atoms with E-state index in [1.54, 1.807) is 0 Å². The molecule has 1 aliphatic rings. The lowest BCUT2D eigenvalue weighted by molar-refractivity contribution is 0.713. The zero-order chi connectivity index (χ0) is 29.4. The lowest BCUT2D eigenvalue weighted by Crippen LogP contribution is -2.24. The highest BCUT2D eigenvalue weighted by Gasteiger charge is 2.43. The lowest BCUT2D eigenvalue weighted by atomic mass is 9.73. The molecule has 1 heteroatoms. The van der Waals surface area contributed by atoms with Gasteiger partial charge in [-0.05, 0) is 76.9 Å². The summed E-state index contributed by atoms with van der Waals surface area (Å²) in [4.78, 5) is 2.29. The Morgan fingerprint density at radius 3 is 2.14 bits per heavy atom. The van der Waals surface area contributed by atoms with E-state index in [1.165, 1.54) is 38.8 Å². The van der Waals surface area contributed by atoms with Gasteiger partial charge >= 0.3 is 0 Å². The van der Waals surface area contributed by atoms with Crippen LogP contribution in [0.15, 0.2) is 147 Å². The Balaban J connectivity index is 1.77. The van der Waals surface area contributed by atoms with Crippen LogP contribution in [0, 0.1) is 6.92 Å². The molecule has 42 heavy (non-hydrogen) atoms. The molecule has 5 aromatic rings. The van der Waals surface area contributed by atoms with Crippen LogP contribution < -0.4 is 4.90 Å². The first-order valence-electron chi connectivity index (χ1n) is 14.3. The highest BCUT2D eigenvalue weighted by Crippen LogP contribution is 2.56. The highest BCUT2D eigenvalue weighted by atomic mass is 15.2. The van der Waals surface area contributed by atoms with E-state index in [2.05, 4.69) is 142 Å². The number of allylic oxidation sites excluding steroid dienone is 3. The predicted octanol–water partition coefficient (Wildman–Crippen LogP) is 11.2. The van der Waals surface area contributed by atoms with Gasteiger partial charge in [-0.15, -0.1) is 0 Å². The quantitative estimate of drug-likeness (QED) is 0.177. The molecule has 204 valence electrons. The van der Waals surface area contributed by atoms with Crippen LogP contribution in [0.4, 0.5) is 11.4 Å². The van der Waals surface area contributed by atoms with Gasteiger partial charge in [0.05, 0.1) is 11.4 Å². The number of fused-ring (bicyclic) bond motifs is 4. The van der Waals surface area contributed by atoms with Gasteiger partial charge in [0.25, 0.3) is 0 Å². The summed E-state index contributed by atoms with van der Waals surface area (Å²) in [6.07, 6.45) is 9.68. The average Bonchev–Trinajstić information content (AvgIpc) is 3.28. The van der Waals surface area contributed by atoms with Crippen molar-refractivity contribution in [3.63, 3.8) is 0 Å². The van der Waals surface area contributed by atoms with Gasteiger partial charge < -0.3 is 4.90 Å². The van der Waals surface area contributed by atoms with Crippen LogP contribution in [0.2, 0.25) is 0 Å². The van der Waals surface area contributed by atoms with Gasteiger partial charge in [-0.1, -0.05) is 135 Å². The summed E-state index contributed by atoms with van der Waals surface area (Å²) in [5, 5.41) is 2.32. The van der Waals surface area contributed by atoms with E-state index in [-0.39, 0.29) is 5.41 Å². The van der Waals surface area contributed by atoms with Crippen LogP contribution in [-0.4, -0.2) is 0 Å². The maximum absolute atomic E-state index is 4.34. The summed E-state index contributed by atoms with van der Waals surface area (Å²) >= 11 is 0. The van der Waals surface area contributed by atoms with E-state index in [4.69, 9.17) is 0 Å². The molecule has 0 fully saturated rings. The molecule has 0 aliphatic heterocycles. The maximum Gasteiger partial charge on any atom is 0.0543 e. The van der Waals surface area contributed by atoms with Gasteiger partial charge in [0.1, 0.15) is 0 Å². The minimum atomic E-state index is -0.370. The monoisotopic (exact) mass is 541 g/mol. The molecule has 0 bridgehead atoms. The fourth-order valence-electron chi connectivity index (χ4n) is 6.68. The number of benzene rings is 5. The first-order chi connectivity index (χ1) is 20.5. The summed E-state index contributed by atoms with van der Waals surface area (Å²) < 4.78 is 0. The third-order valence-corrected chi connectivity index (χ3v) is 8.67. The molecule has 1 unspecified atom stereocenters. The topological polar surface area (TPSA) is 3.24 Å². The van der Waals surface area contributed by atoms with Crippen molar-refractivity contribution in [2.45, 2.75) is 19.3 Å². The molecular formula is C41H35N. The normalized spacial score (nSPS) is 15.5. The number of hydrogen-bond acceptors (Lipinski definition) is 1. The third kappa shape index (κ3) is 4.01.